The zero-order valence-electron chi connectivity index (χ0n) is 15.0. The molecule has 1 amide bonds. The molecule has 0 radical (unpaired) electrons. The molecule has 4 rings (SSSR count). The third-order valence-corrected chi connectivity index (χ3v) is 6.55. The molecule has 0 saturated carbocycles. The van der Waals surface area contributed by atoms with Crippen molar-refractivity contribution in [2.45, 2.75) is 25.4 Å². The zero-order chi connectivity index (χ0) is 19.1. The van der Waals surface area contributed by atoms with Crippen molar-refractivity contribution in [1.29, 1.82) is 0 Å². The molecule has 7 heteroatoms. The van der Waals surface area contributed by atoms with Crippen LogP contribution in [0.25, 0.3) is 5.69 Å². The van der Waals surface area contributed by atoms with E-state index < -0.39 is 10.8 Å². The fourth-order valence-electron chi connectivity index (χ4n) is 3.18. The zero-order valence-corrected chi connectivity index (χ0v) is 17.4. The molecule has 1 aromatic heterocycles. The molecule has 1 aliphatic heterocycles. The summed E-state index contributed by atoms with van der Waals surface area (Å²) in [5, 5.41) is 7.68. The molecule has 3 aromatic rings. The first kappa shape index (κ1) is 18.1. The quantitative estimate of drug-likeness (QED) is 0.657. The minimum Gasteiger partial charge on any atom is -0.306 e. The minimum absolute atomic E-state index is 0.213. The Hall–Kier alpha value is -2.25. The van der Waals surface area contributed by atoms with E-state index in [1.54, 1.807) is 16.8 Å². The van der Waals surface area contributed by atoms with Gasteiger partial charge in [-0.1, -0.05) is 28.1 Å². The van der Waals surface area contributed by atoms with Crippen molar-refractivity contribution >= 4 is 38.5 Å². The van der Waals surface area contributed by atoms with Crippen LogP contribution in [0.4, 0.5) is 5.82 Å². The van der Waals surface area contributed by atoms with Crippen LogP contribution in [-0.2, 0) is 22.3 Å². The van der Waals surface area contributed by atoms with Gasteiger partial charge >= 0.3 is 0 Å². The molecular weight excluding hydrogens is 426 g/mol. The van der Waals surface area contributed by atoms with Crippen LogP contribution in [-0.4, -0.2) is 19.9 Å². The maximum absolute atomic E-state index is 12.8. The van der Waals surface area contributed by atoms with Crippen molar-refractivity contribution in [1.82, 2.24) is 9.78 Å². The van der Waals surface area contributed by atoms with Crippen molar-refractivity contribution in [3.05, 3.63) is 74.9 Å². The molecule has 2 heterocycles. The van der Waals surface area contributed by atoms with Gasteiger partial charge in [0.25, 0.3) is 5.91 Å². The Bertz CT molecular complexity index is 1070. The van der Waals surface area contributed by atoms with Gasteiger partial charge in [0.15, 0.2) is 0 Å². The molecule has 0 bridgehead atoms. The third-order valence-electron chi connectivity index (χ3n) is 4.81. The van der Waals surface area contributed by atoms with E-state index in [4.69, 9.17) is 0 Å². The number of carbonyl (C=O) groups excluding carboxylic acids is 1. The highest BCUT2D eigenvalue weighted by atomic mass is 79.9. The molecule has 0 aliphatic carbocycles. The Morgan fingerprint density at radius 3 is 2.63 bits per heavy atom. The number of nitrogens with one attached hydrogen (secondary N) is 1. The maximum Gasteiger partial charge on any atom is 0.256 e. The average molecular weight is 444 g/mol. The lowest BCUT2D eigenvalue weighted by atomic mass is 10.1. The van der Waals surface area contributed by atoms with E-state index in [2.05, 4.69) is 26.3 Å². The van der Waals surface area contributed by atoms with E-state index in [0.29, 0.717) is 22.9 Å². The highest BCUT2D eigenvalue weighted by molar-refractivity contribution is 9.10. The van der Waals surface area contributed by atoms with Crippen molar-refractivity contribution < 1.29 is 9.00 Å². The Labute approximate surface area is 168 Å². The first-order chi connectivity index (χ1) is 12.9. The Morgan fingerprint density at radius 1 is 1.15 bits per heavy atom. The Balaban J connectivity index is 1.79. The largest absolute Gasteiger partial charge is 0.306 e. The first-order valence-electron chi connectivity index (χ1n) is 8.53. The summed E-state index contributed by atoms with van der Waals surface area (Å²) in [5.74, 6) is 1.23. The Morgan fingerprint density at radius 2 is 1.89 bits per heavy atom. The van der Waals surface area contributed by atoms with Gasteiger partial charge in [0.05, 0.1) is 22.9 Å². The van der Waals surface area contributed by atoms with Crippen LogP contribution in [0.2, 0.25) is 0 Å². The van der Waals surface area contributed by atoms with Crippen molar-refractivity contribution in [2.24, 2.45) is 0 Å². The fraction of sp³-hybridized carbons (Fsp3) is 0.200. The molecule has 2 aromatic carbocycles. The molecule has 27 heavy (non-hydrogen) atoms. The topological polar surface area (TPSA) is 64.0 Å². The molecule has 0 fully saturated rings. The second kappa shape index (κ2) is 7.05. The first-order valence-corrected chi connectivity index (χ1v) is 10.8. The van der Waals surface area contributed by atoms with Gasteiger partial charge in [0, 0.05) is 26.4 Å². The van der Waals surface area contributed by atoms with Gasteiger partial charge in [-0.3, -0.25) is 9.00 Å². The monoisotopic (exact) mass is 443 g/mol. The van der Waals surface area contributed by atoms with Crippen LogP contribution in [0.5, 0.6) is 0 Å². The van der Waals surface area contributed by atoms with Crippen LogP contribution < -0.4 is 5.32 Å². The number of nitrogens with zero attached hydrogens (tertiary/aromatic N) is 2. The van der Waals surface area contributed by atoms with Gasteiger partial charge < -0.3 is 5.32 Å². The predicted octanol–water partition coefficient (Wildman–Crippen LogP) is 4.27. The highest BCUT2D eigenvalue weighted by Gasteiger charge is 2.29. The molecule has 5 nitrogen and oxygen atoms in total. The summed E-state index contributed by atoms with van der Waals surface area (Å²) in [6.07, 6.45) is 0. The summed E-state index contributed by atoms with van der Waals surface area (Å²) in [6, 6.07) is 13.2. The number of anilines is 1. The van der Waals surface area contributed by atoms with E-state index in [1.807, 2.05) is 44.2 Å². The SMILES string of the molecule is Cc1cccc(-n2nc3c(c2NC(=O)c2ccc(Br)cc2)CS(=O)C3)c1C. The molecule has 0 saturated heterocycles. The number of halogens is 1. The van der Waals surface area contributed by atoms with Gasteiger partial charge in [-0.25, -0.2) is 4.68 Å². The number of aromatic nitrogens is 2. The lowest BCUT2D eigenvalue weighted by Gasteiger charge is -2.14. The van der Waals surface area contributed by atoms with Gasteiger partial charge in [0.2, 0.25) is 0 Å². The summed E-state index contributed by atoms with van der Waals surface area (Å²) >= 11 is 3.38. The predicted molar refractivity (Wildman–Crippen MR) is 111 cm³/mol. The standard InChI is InChI=1S/C20H18BrN3O2S/c1-12-4-3-5-18(13(12)2)24-19(16-10-27(26)11-17(16)23-24)22-20(25)14-6-8-15(21)9-7-14/h3-9H,10-11H2,1-2H3,(H,22,25). The summed E-state index contributed by atoms with van der Waals surface area (Å²) in [5.41, 5.74) is 5.37. The van der Waals surface area contributed by atoms with Crippen LogP contribution in [0.15, 0.2) is 46.9 Å². The smallest absolute Gasteiger partial charge is 0.256 e. The molecule has 1 N–H and O–H groups in total. The average Bonchev–Trinajstić information content (AvgIpc) is 3.15. The third kappa shape index (κ3) is 3.37. The molecular formula is C20H18BrN3O2S. The maximum atomic E-state index is 12.8. The highest BCUT2D eigenvalue weighted by Crippen LogP contribution is 2.33. The number of aryl methyl sites for hydroxylation is 1. The van der Waals surface area contributed by atoms with Crippen LogP contribution >= 0.6 is 15.9 Å². The number of hydrogen-bond acceptors (Lipinski definition) is 3. The van der Waals surface area contributed by atoms with Gasteiger partial charge in [-0.15, -0.1) is 0 Å². The van der Waals surface area contributed by atoms with Crippen molar-refractivity contribution in [2.75, 3.05) is 5.32 Å². The lowest BCUT2D eigenvalue weighted by Crippen LogP contribution is -2.17. The fourth-order valence-corrected chi connectivity index (χ4v) is 4.71. The van der Waals surface area contributed by atoms with E-state index in [1.165, 1.54) is 0 Å². The summed E-state index contributed by atoms with van der Waals surface area (Å²) < 4.78 is 14.7. The van der Waals surface area contributed by atoms with Crippen molar-refractivity contribution in [3.8, 4) is 5.69 Å². The molecule has 1 atom stereocenters. The van der Waals surface area contributed by atoms with E-state index in [-0.39, 0.29) is 5.91 Å². The number of hydrogen-bond donors (Lipinski definition) is 1. The number of amides is 1. The number of benzene rings is 2. The second-order valence-corrected chi connectivity index (χ2v) is 8.97. The van der Waals surface area contributed by atoms with Crippen LogP contribution in [0.3, 0.4) is 0 Å². The van der Waals surface area contributed by atoms with E-state index in [0.717, 1.165) is 32.5 Å². The normalized spacial score (nSPS) is 15.6. The van der Waals surface area contributed by atoms with E-state index in [9.17, 15) is 9.00 Å². The van der Waals surface area contributed by atoms with Gasteiger partial charge in [-0.2, -0.15) is 5.10 Å². The van der Waals surface area contributed by atoms with Crippen molar-refractivity contribution in [3.63, 3.8) is 0 Å². The number of rotatable bonds is 3. The summed E-state index contributed by atoms with van der Waals surface area (Å²) in [7, 11) is -0.969. The molecule has 0 spiro atoms. The lowest BCUT2D eigenvalue weighted by molar-refractivity contribution is 0.102. The van der Waals surface area contributed by atoms with Crippen LogP contribution in [0, 0.1) is 13.8 Å². The summed E-state index contributed by atoms with van der Waals surface area (Å²) in [6.45, 7) is 4.08. The number of fused-ring (bicyclic) bond motifs is 1. The van der Waals surface area contributed by atoms with E-state index >= 15 is 0 Å². The minimum atomic E-state index is -0.969. The Kier molecular flexibility index (Phi) is 4.74. The number of carbonyl (C=O) groups is 1. The molecule has 138 valence electrons. The van der Waals surface area contributed by atoms with Crippen LogP contribution in [0.1, 0.15) is 32.7 Å². The molecule has 1 unspecified atom stereocenters. The van der Waals surface area contributed by atoms with Gasteiger partial charge in [-0.05, 0) is 55.3 Å². The second-order valence-electron chi connectivity index (χ2n) is 6.59. The molecule has 1 aliphatic rings. The summed E-state index contributed by atoms with van der Waals surface area (Å²) in [4.78, 5) is 12.8. The van der Waals surface area contributed by atoms with Gasteiger partial charge in [0.1, 0.15) is 5.82 Å².